The van der Waals surface area contributed by atoms with E-state index in [1.807, 2.05) is 64.9 Å². The molecule has 0 unspecified atom stereocenters. The number of cyclic esters (lactones) is 1. The maximum atomic E-state index is 13.2. The van der Waals surface area contributed by atoms with Crippen LogP contribution in [0.25, 0.3) is 0 Å². The van der Waals surface area contributed by atoms with Crippen molar-refractivity contribution in [2.24, 2.45) is 5.92 Å². The van der Waals surface area contributed by atoms with E-state index in [0.29, 0.717) is 13.2 Å². The standard InChI is InChI=1S/C24H22N2O3S/c27-23-20(15-25-19(16-29-24(25)28)14-17-8-3-1-4-9-17)22(21-12-7-13-30-21)26(23)18-10-5-2-6-11-18/h1-13,19-20,22H,14-16H2/t19-,20+,22-/m0/s1. The zero-order chi connectivity index (χ0) is 20.5. The molecule has 0 N–H and O–H groups in total. The monoisotopic (exact) mass is 418 g/mol. The molecule has 3 aromatic rings. The minimum atomic E-state index is -0.327. The summed E-state index contributed by atoms with van der Waals surface area (Å²) in [4.78, 5) is 30.4. The van der Waals surface area contributed by atoms with Crippen molar-refractivity contribution in [2.75, 3.05) is 18.1 Å². The van der Waals surface area contributed by atoms with Gasteiger partial charge in [-0.2, -0.15) is 0 Å². The first kappa shape index (κ1) is 18.9. The Morgan fingerprint density at radius 1 is 0.933 bits per heavy atom. The van der Waals surface area contributed by atoms with E-state index in [1.165, 1.54) is 0 Å². The SMILES string of the molecule is O=C1OC[C@H](Cc2ccccc2)N1C[C@H]1C(=O)N(c2ccccc2)[C@@H]1c1cccs1. The molecule has 30 heavy (non-hydrogen) atoms. The zero-order valence-electron chi connectivity index (χ0n) is 16.4. The van der Waals surface area contributed by atoms with E-state index in [4.69, 9.17) is 4.74 Å². The second kappa shape index (κ2) is 7.95. The molecule has 2 aliphatic heterocycles. The third-order valence-corrected chi connectivity index (χ3v) is 6.81. The normalized spacial score (nSPS) is 23.4. The molecule has 3 atom stereocenters. The summed E-state index contributed by atoms with van der Waals surface area (Å²) in [6, 6.07) is 23.8. The van der Waals surface area contributed by atoms with Gasteiger partial charge in [0, 0.05) is 17.1 Å². The van der Waals surface area contributed by atoms with Crippen molar-refractivity contribution in [1.82, 2.24) is 4.90 Å². The minimum absolute atomic E-state index is 0.0533. The molecule has 152 valence electrons. The number of anilines is 1. The van der Waals surface area contributed by atoms with E-state index in [0.717, 1.165) is 22.5 Å². The van der Waals surface area contributed by atoms with Gasteiger partial charge in [-0.1, -0.05) is 54.6 Å². The molecule has 0 aliphatic carbocycles. The molecule has 0 saturated carbocycles. The average Bonchev–Trinajstić information content (AvgIpc) is 3.42. The highest BCUT2D eigenvalue weighted by atomic mass is 32.1. The Hall–Kier alpha value is -3.12. The van der Waals surface area contributed by atoms with Gasteiger partial charge < -0.3 is 14.5 Å². The van der Waals surface area contributed by atoms with E-state index >= 15 is 0 Å². The quantitative estimate of drug-likeness (QED) is 0.553. The van der Waals surface area contributed by atoms with Gasteiger partial charge in [-0.05, 0) is 35.6 Å². The number of benzene rings is 2. The molecule has 2 aromatic carbocycles. The predicted molar refractivity (Wildman–Crippen MR) is 116 cm³/mol. The number of amides is 2. The summed E-state index contributed by atoms with van der Waals surface area (Å²) in [5, 5.41) is 2.03. The smallest absolute Gasteiger partial charge is 0.410 e. The number of β-lactam (4-membered cyclic amide) rings is 1. The number of nitrogens with zero attached hydrogens (tertiary/aromatic N) is 2. The van der Waals surface area contributed by atoms with Gasteiger partial charge in [-0.25, -0.2) is 4.79 Å². The predicted octanol–water partition coefficient (Wildman–Crippen LogP) is 4.52. The van der Waals surface area contributed by atoms with Crippen molar-refractivity contribution in [3.05, 3.63) is 88.6 Å². The summed E-state index contributed by atoms with van der Waals surface area (Å²) >= 11 is 1.64. The first-order valence-corrected chi connectivity index (χ1v) is 11.0. The van der Waals surface area contributed by atoms with E-state index in [-0.39, 0.29) is 30.0 Å². The molecule has 5 rings (SSSR count). The van der Waals surface area contributed by atoms with Crippen molar-refractivity contribution in [2.45, 2.75) is 18.5 Å². The fourth-order valence-electron chi connectivity index (χ4n) is 4.37. The highest BCUT2D eigenvalue weighted by molar-refractivity contribution is 7.10. The van der Waals surface area contributed by atoms with Crippen molar-refractivity contribution >= 4 is 29.0 Å². The summed E-state index contributed by atoms with van der Waals surface area (Å²) < 4.78 is 5.36. The van der Waals surface area contributed by atoms with Gasteiger partial charge >= 0.3 is 6.09 Å². The van der Waals surface area contributed by atoms with Crippen LogP contribution in [-0.4, -0.2) is 36.1 Å². The minimum Gasteiger partial charge on any atom is -0.447 e. The Bertz CT molecular complexity index is 1020. The van der Waals surface area contributed by atoms with Gasteiger partial charge in [0.1, 0.15) is 6.61 Å². The lowest BCUT2D eigenvalue weighted by atomic mass is 9.84. The molecule has 3 heterocycles. The molecule has 1 aromatic heterocycles. The second-order valence-corrected chi connectivity index (χ2v) is 8.66. The molecule has 5 nitrogen and oxygen atoms in total. The van der Waals surface area contributed by atoms with Crippen LogP contribution in [0.15, 0.2) is 78.2 Å². The molecule has 2 saturated heterocycles. The molecular weight excluding hydrogens is 396 g/mol. The molecular formula is C24H22N2O3S. The van der Waals surface area contributed by atoms with Crippen LogP contribution in [0.2, 0.25) is 0 Å². The van der Waals surface area contributed by atoms with Crippen molar-refractivity contribution < 1.29 is 14.3 Å². The maximum absolute atomic E-state index is 13.2. The van der Waals surface area contributed by atoms with Crippen LogP contribution in [0.5, 0.6) is 0 Å². The van der Waals surface area contributed by atoms with Crippen molar-refractivity contribution in [1.29, 1.82) is 0 Å². The van der Waals surface area contributed by atoms with Gasteiger partial charge in [0.25, 0.3) is 0 Å². The highest BCUT2D eigenvalue weighted by Gasteiger charge is 2.51. The number of hydrogen-bond donors (Lipinski definition) is 0. The molecule has 2 fully saturated rings. The summed E-state index contributed by atoms with van der Waals surface area (Å²) in [5.74, 6) is -0.217. The van der Waals surface area contributed by atoms with Crippen LogP contribution in [0, 0.1) is 5.92 Å². The number of hydrogen-bond acceptors (Lipinski definition) is 4. The van der Waals surface area contributed by atoms with Crippen LogP contribution in [0.1, 0.15) is 16.5 Å². The van der Waals surface area contributed by atoms with E-state index in [1.54, 1.807) is 16.2 Å². The lowest BCUT2D eigenvalue weighted by Crippen LogP contribution is -2.59. The lowest BCUT2D eigenvalue weighted by Gasteiger charge is -2.48. The van der Waals surface area contributed by atoms with Crippen LogP contribution < -0.4 is 4.90 Å². The number of rotatable bonds is 6. The molecule has 2 amide bonds. The summed E-state index contributed by atoms with van der Waals surface area (Å²) in [6.45, 7) is 0.738. The Kier molecular flexibility index (Phi) is 5.01. The Balaban J connectivity index is 1.38. The number of thiophene rings is 1. The summed E-state index contributed by atoms with van der Waals surface area (Å²) in [5.41, 5.74) is 2.05. The van der Waals surface area contributed by atoms with Gasteiger partial charge in [0.15, 0.2) is 0 Å². The average molecular weight is 419 g/mol. The topological polar surface area (TPSA) is 49.9 Å². The Morgan fingerprint density at radius 2 is 1.67 bits per heavy atom. The first-order valence-electron chi connectivity index (χ1n) is 10.1. The molecule has 0 radical (unpaired) electrons. The van der Waals surface area contributed by atoms with Gasteiger partial charge in [-0.15, -0.1) is 11.3 Å². The number of ether oxygens (including phenoxy) is 1. The van der Waals surface area contributed by atoms with Crippen LogP contribution in [0.3, 0.4) is 0 Å². The molecule has 0 spiro atoms. The number of para-hydroxylation sites is 1. The highest BCUT2D eigenvalue weighted by Crippen LogP contribution is 2.45. The Labute approximate surface area is 179 Å². The second-order valence-electron chi connectivity index (χ2n) is 7.68. The van der Waals surface area contributed by atoms with Gasteiger partial charge in [0.2, 0.25) is 5.91 Å². The Morgan fingerprint density at radius 3 is 2.37 bits per heavy atom. The lowest BCUT2D eigenvalue weighted by molar-refractivity contribution is -0.131. The molecule has 2 aliphatic rings. The fraction of sp³-hybridized carbons (Fsp3) is 0.250. The van der Waals surface area contributed by atoms with Gasteiger partial charge in [0.05, 0.1) is 18.0 Å². The largest absolute Gasteiger partial charge is 0.447 e. The summed E-state index contributed by atoms with van der Waals surface area (Å²) in [7, 11) is 0. The van der Waals surface area contributed by atoms with Crippen LogP contribution in [0.4, 0.5) is 10.5 Å². The molecule has 6 heteroatoms. The van der Waals surface area contributed by atoms with Crippen molar-refractivity contribution in [3.8, 4) is 0 Å². The van der Waals surface area contributed by atoms with E-state index in [2.05, 4.69) is 18.2 Å². The van der Waals surface area contributed by atoms with Crippen LogP contribution >= 0.6 is 11.3 Å². The first-order chi connectivity index (χ1) is 14.7. The third-order valence-electron chi connectivity index (χ3n) is 5.87. The fourth-order valence-corrected chi connectivity index (χ4v) is 5.25. The number of carbonyl (C=O) groups excluding carboxylic acids is 2. The summed E-state index contributed by atoms with van der Waals surface area (Å²) in [6.07, 6.45) is 0.395. The molecule has 0 bridgehead atoms. The number of carbonyl (C=O) groups is 2. The van der Waals surface area contributed by atoms with Crippen molar-refractivity contribution in [3.63, 3.8) is 0 Å². The maximum Gasteiger partial charge on any atom is 0.410 e. The zero-order valence-corrected chi connectivity index (χ0v) is 17.2. The van der Waals surface area contributed by atoms with Gasteiger partial charge in [-0.3, -0.25) is 4.79 Å². The van der Waals surface area contributed by atoms with E-state index < -0.39 is 0 Å². The third kappa shape index (κ3) is 3.37. The van der Waals surface area contributed by atoms with Crippen LogP contribution in [-0.2, 0) is 16.0 Å². The van der Waals surface area contributed by atoms with E-state index in [9.17, 15) is 9.59 Å².